The lowest BCUT2D eigenvalue weighted by atomic mass is 10.1. The summed E-state index contributed by atoms with van der Waals surface area (Å²) in [4.78, 5) is 12.8. The predicted octanol–water partition coefficient (Wildman–Crippen LogP) is 2.83. The minimum atomic E-state index is -0.377. The summed E-state index contributed by atoms with van der Waals surface area (Å²) >= 11 is 1.42. The number of primary amides is 1. The maximum absolute atomic E-state index is 11.1. The maximum Gasteiger partial charge on any atom is 0.258 e. The summed E-state index contributed by atoms with van der Waals surface area (Å²) in [6.45, 7) is 1.98. The van der Waals surface area contributed by atoms with Crippen molar-refractivity contribution in [2.24, 2.45) is 5.73 Å². The van der Waals surface area contributed by atoms with Crippen LogP contribution in [-0.2, 0) is 0 Å². The highest BCUT2D eigenvalue weighted by Gasteiger charge is 2.10. The van der Waals surface area contributed by atoms with Crippen molar-refractivity contribution < 1.29 is 9.53 Å². The van der Waals surface area contributed by atoms with Crippen LogP contribution in [0.2, 0.25) is 0 Å². The topological polar surface area (TPSA) is 52.3 Å². The number of carbonyl (C=O) groups is 1. The van der Waals surface area contributed by atoms with E-state index in [1.165, 1.54) is 11.3 Å². The lowest BCUT2D eigenvalue weighted by Gasteiger charge is -2.02. The highest BCUT2D eigenvalue weighted by molar-refractivity contribution is 7.14. The second-order valence-corrected chi connectivity index (χ2v) is 4.93. The van der Waals surface area contributed by atoms with E-state index < -0.39 is 0 Å². The first-order valence-electron chi connectivity index (χ1n) is 5.16. The molecule has 0 aliphatic rings. The fraction of sp³-hybridized carbons (Fsp3) is 0.154. The normalized spacial score (nSPS) is 10.2. The van der Waals surface area contributed by atoms with Gasteiger partial charge in [-0.25, -0.2) is 0 Å². The monoisotopic (exact) mass is 247 g/mol. The van der Waals surface area contributed by atoms with Crippen molar-refractivity contribution in [3.8, 4) is 16.9 Å². The summed E-state index contributed by atoms with van der Waals surface area (Å²) in [5, 5.41) is 0. The third-order valence-electron chi connectivity index (χ3n) is 2.56. The molecule has 0 radical (unpaired) electrons. The Kier molecular flexibility index (Phi) is 3.15. The summed E-state index contributed by atoms with van der Waals surface area (Å²) in [7, 11) is 1.63. The van der Waals surface area contributed by atoms with Gasteiger partial charge < -0.3 is 10.5 Å². The standard InChI is InChI=1S/C13H13NO2S/c1-8-11(7-12(17-8)13(14)15)9-3-5-10(16-2)6-4-9/h3-7H,1-2H3,(H2,14,15). The zero-order valence-electron chi connectivity index (χ0n) is 9.69. The molecule has 0 saturated carbocycles. The number of ether oxygens (including phenoxy) is 1. The molecular weight excluding hydrogens is 234 g/mol. The average Bonchev–Trinajstić information content (AvgIpc) is 2.72. The van der Waals surface area contributed by atoms with E-state index in [2.05, 4.69) is 0 Å². The molecule has 0 aliphatic heterocycles. The largest absolute Gasteiger partial charge is 0.497 e. The van der Waals surface area contributed by atoms with Gasteiger partial charge in [-0.05, 0) is 36.2 Å². The van der Waals surface area contributed by atoms with Gasteiger partial charge in [0.25, 0.3) is 5.91 Å². The van der Waals surface area contributed by atoms with E-state index in [4.69, 9.17) is 10.5 Å². The van der Waals surface area contributed by atoms with E-state index in [0.717, 1.165) is 21.8 Å². The molecule has 1 aromatic heterocycles. The molecule has 17 heavy (non-hydrogen) atoms. The Labute approximate surface area is 104 Å². The number of hydrogen-bond acceptors (Lipinski definition) is 3. The first-order chi connectivity index (χ1) is 8.11. The lowest BCUT2D eigenvalue weighted by molar-refractivity contribution is 0.100. The van der Waals surface area contributed by atoms with Crippen molar-refractivity contribution in [3.63, 3.8) is 0 Å². The number of aryl methyl sites for hydroxylation is 1. The highest BCUT2D eigenvalue weighted by Crippen LogP contribution is 2.31. The first-order valence-corrected chi connectivity index (χ1v) is 5.98. The van der Waals surface area contributed by atoms with Crippen molar-refractivity contribution in [1.29, 1.82) is 0 Å². The number of thiophene rings is 1. The summed E-state index contributed by atoms with van der Waals surface area (Å²) in [6.07, 6.45) is 0. The molecule has 3 nitrogen and oxygen atoms in total. The molecule has 88 valence electrons. The van der Waals surface area contributed by atoms with E-state index in [9.17, 15) is 4.79 Å². The van der Waals surface area contributed by atoms with Gasteiger partial charge in [-0.15, -0.1) is 11.3 Å². The van der Waals surface area contributed by atoms with E-state index in [1.54, 1.807) is 7.11 Å². The van der Waals surface area contributed by atoms with Crippen LogP contribution < -0.4 is 10.5 Å². The number of methoxy groups -OCH3 is 1. The van der Waals surface area contributed by atoms with Crippen molar-refractivity contribution in [2.75, 3.05) is 7.11 Å². The summed E-state index contributed by atoms with van der Waals surface area (Å²) in [5.74, 6) is 0.439. The molecule has 0 fully saturated rings. The Hall–Kier alpha value is -1.81. The minimum Gasteiger partial charge on any atom is -0.497 e. The number of benzene rings is 1. The SMILES string of the molecule is COc1ccc(-c2cc(C(N)=O)sc2C)cc1. The molecule has 0 atom stereocenters. The van der Waals surface area contributed by atoms with Crippen LogP contribution in [0.1, 0.15) is 14.5 Å². The predicted molar refractivity (Wildman–Crippen MR) is 69.6 cm³/mol. The van der Waals surface area contributed by atoms with Crippen LogP contribution in [-0.4, -0.2) is 13.0 Å². The van der Waals surface area contributed by atoms with E-state index in [-0.39, 0.29) is 5.91 Å². The number of amides is 1. The maximum atomic E-state index is 11.1. The van der Waals surface area contributed by atoms with Gasteiger partial charge in [0.05, 0.1) is 12.0 Å². The smallest absolute Gasteiger partial charge is 0.258 e. The second-order valence-electron chi connectivity index (χ2n) is 3.67. The van der Waals surface area contributed by atoms with Crippen LogP contribution in [0.4, 0.5) is 0 Å². The fourth-order valence-corrected chi connectivity index (χ4v) is 2.55. The summed E-state index contributed by atoms with van der Waals surface area (Å²) < 4.78 is 5.11. The molecule has 1 aromatic carbocycles. The molecule has 1 heterocycles. The second kappa shape index (κ2) is 4.59. The Morgan fingerprint density at radius 3 is 2.41 bits per heavy atom. The van der Waals surface area contributed by atoms with Gasteiger partial charge in [-0.2, -0.15) is 0 Å². The quantitative estimate of drug-likeness (QED) is 0.906. The van der Waals surface area contributed by atoms with Gasteiger partial charge in [0.2, 0.25) is 0 Å². The number of rotatable bonds is 3. The number of carbonyl (C=O) groups excluding carboxylic acids is 1. The van der Waals surface area contributed by atoms with Crippen molar-refractivity contribution in [2.45, 2.75) is 6.92 Å². The van der Waals surface area contributed by atoms with E-state index in [0.29, 0.717) is 4.88 Å². The van der Waals surface area contributed by atoms with Gasteiger partial charge in [0, 0.05) is 4.88 Å². The Balaban J connectivity index is 2.41. The van der Waals surface area contributed by atoms with Gasteiger partial charge in [-0.3, -0.25) is 4.79 Å². The highest BCUT2D eigenvalue weighted by atomic mass is 32.1. The van der Waals surface area contributed by atoms with Gasteiger partial charge >= 0.3 is 0 Å². The molecule has 4 heteroatoms. The number of hydrogen-bond donors (Lipinski definition) is 1. The third-order valence-corrected chi connectivity index (χ3v) is 3.63. The lowest BCUT2D eigenvalue weighted by Crippen LogP contribution is -2.08. The van der Waals surface area contributed by atoms with Crippen LogP contribution in [0.15, 0.2) is 30.3 Å². The zero-order valence-corrected chi connectivity index (χ0v) is 10.5. The number of nitrogens with two attached hydrogens (primary N) is 1. The molecule has 0 aliphatic carbocycles. The minimum absolute atomic E-state index is 0.377. The van der Waals surface area contributed by atoms with Crippen molar-refractivity contribution in [3.05, 3.63) is 40.1 Å². The van der Waals surface area contributed by atoms with Crippen molar-refractivity contribution in [1.82, 2.24) is 0 Å². The molecule has 1 amide bonds. The molecule has 0 saturated heterocycles. The summed E-state index contributed by atoms with van der Waals surface area (Å²) in [5.41, 5.74) is 7.38. The van der Waals surface area contributed by atoms with E-state index >= 15 is 0 Å². The molecule has 2 aromatic rings. The molecular formula is C13H13NO2S. The van der Waals surface area contributed by atoms with Crippen LogP contribution >= 0.6 is 11.3 Å². The van der Waals surface area contributed by atoms with Crippen LogP contribution in [0, 0.1) is 6.92 Å². The summed E-state index contributed by atoms with van der Waals surface area (Å²) in [6, 6.07) is 9.58. The molecule has 0 bridgehead atoms. The Bertz CT molecular complexity index is 543. The van der Waals surface area contributed by atoms with E-state index in [1.807, 2.05) is 37.3 Å². The first kappa shape index (κ1) is 11.7. The average molecular weight is 247 g/mol. The molecule has 2 N–H and O–H groups in total. The van der Waals surface area contributed by atoms with Gasteiger partial charge in [0.15, 0.2) is 0 Å². The van der Waals surface area contributed by atoms with Crippen LogP contribution in [0.25, 0.3) is 11.1 Å². The molecule has 0 unspecified atom stereocenters. The van der Waals surface area contributed by atoms with Crippen LogP contribution in [0.3, 0.4) is 0 Å². The van der Waals surface area contributed by atoms with Gasteiger partial charge in [0.1, 0.15) is 5.75 Å². The van der Waals surface area contributed by atoms with Crippen molar-refractivity contribution >= 4 is 17.2 Å². The fourth-order valence-electron chi connectivity index (χ4n) is 1.66. The Morgan fingerprint density at radius 2 is 1.94 bits per heavy atom. The van der Waals surface area contributed by atoms with Gasteiger partial charge in [-0.1, -0.05) is 12.1 Å². The third kappa shape index (κ3) is 2.31. The molecule has 0 spiro atoms. The zero-order chi connectivity index (χ0) is 12.4. The molecule has 2 rings (SSSR count). The van der Waals surface area contributed by atoms with Crippen LogP contribution in [0.5, 0.6) is 5.75 Å². The Morgan fingerprint density at radius 1 is 1.29 bits per heavy atom.